The first kappa shape index (κ1) is 8.87. The molecule has 0 bridgehead atoms. The van der Waals surface area contributed by atoms with Crippen molar-refractivity contribution in [3.63, 3.8) is 0 Å². The van der Waals surface area contributed by atoms with Crippen LogP contribution >= 0.6 is 0 Å². The van der Waals surface area contributed by atoms with Gasteiger partial charge in [0.1, 0.15) is 11.5 Å². The Bertz CT molecular complexity index is 415. The highest BCUT2D eigenvalue weighted by Gasteiger charge is 2.23. The van der Waals surface area contributed by atoms with Gasteiger partial charge < -0.3 is 4.74 Å². The van der Waals surface area contributed by atoms with Gasteiger partial charge in [0, 0.05) is 12.5 Å². The Labute approximate surface area is 80.2 Å². The summed E-state index contributed by atoms with van der Waals surface area (Å²) in [6.07, 6.45) is -0.102. The Morgan fingerprint density at radius 3 is 3.07 bits per heavy atom. The zero-order valence-corrected chi connectivity index (χ0v) is 7.53. The number of carbonyl (C=O) groups excluding carboxylic acids is 1. The van der Waals surface area contributed by atoms with Gasteiger partial charge in [0.2, 0.25) is 0 Å². The van der Waals surface area contributed by atoms with E-state index in [0.717, 1.165) is 0 Å². The Morgan fingerprint density at radius 1 is 1.57 bits per heavy atom. The molecule has 4 heteroatoms. The molecule has 1 aliphatic heterocycles. The summed E-state index contributed by atoms with van der Waals surface area (Å²) in [7, 11) is 0. The molecule has 1 atom stereocenters. The molecule has 14 heavy (non-hydrogen) atoms. The number of halogens is 1. The summed E-state index contributed by atoms with van der Waals surface area (Å²) in [4.78, 5) is 14.6. The second-order valence-corrected chi connectivity index (χ2v) is 2.98. The van der Waals surface area contributed by atoms with E-state index < -0.39 is 11.9 Å². The monoisotopic (exact) mass is 193 g/mol. The number of carbonyl (C=O) groups is 1. The van der Waals surface area contributed by atoms with E-state index in [1.54, 1.807) is 13.0 Å². The second-order valence-electron chi connectivity index (χ2n) is 2.98. The lowest BCUT2D eigenvalue weighted by atomic mass is 10.1. The number of hydrogen-bond donors (Lipinski definition) is 0. The van der Waals surface area contributed by atoms with Gasteiger partial charge in [0.15, 0.2) is 18.3 Å². The molecule has 2 rings (SSSR count). The van der Waals surface area contributed by atoms with E-state index in [4.69, 9.17) is 4.74 Å². The van der Waals surface area contributed by atoms with E-state index >= 15 is 0 Å². The van der Waals surface area contributed by atoms with E-state index in [1.165, 1.54) is 12.1 Å². The molecule has 0 fully saturated rings. The Hall–Kier alpha value is -1.71. The van der Waals surface area contributed by atoms with Crippen LogP contribution in [0, 0.1) is 5.82 Å². The van der Waals surface area contributed by atoms with Gasteiger partial charge in [0.05, 0.1) is 0 Å². The molecule has 3 nitrogen and oxygen atoms in total. The third-order valence-electron chi connectivity index (χ3n) is 2.01. The third-order valence-corrected chi connectivity index (χ3v) is 2.01. The summed E-state index contributed by atoms with van der Waals surface area (Å²) in [5.41, 5.74) is 0.680. The molecule has 0 amide bonds. The second kappa shape index (κ2) is 3.21. The lowest BCUT2D eigenvalue weighted by molar-refractivity contribution is -0.114. The summed E-state index contributed by atoms with van der Waals surface area (Å²) in [5, 5.41) is 0. The van der Waals surface area contributed by atoms with Crippen LogP contribution in [0.15, 0.2) is 23.2 Å². The van der Waals surface area contributed by atoms with Gasteiger partial charge in [-0.1, -0.05) is 12.1 Å². The summed E-state index contributed by atoms with van der Waals surface area (Å²) in [5.74, 6) is -0.128. The predicted octanol–water partition coefficient (Wildman–Crippen LogP) is 2.15. The summed E-state index contributed by atoms with van der Waals surface area (Å²) in [6, 6.07) is 4.47. The van der Waals surface area contributed by atoms with E-state index in [1.807, 2.05) is 0 Å². The summed E-state index contributed by atoms with van der Waals surface area (Å²) >= 11 is 0. The largest absolute Gasteiger partial charge is 0.465 e. The van der Waals surface area contributed by atoms with Crippen LogP contribution in [0.25, 0.3) is 0 Å². The molecule has 1 heterocycles. The van der Waals surface area contributed by atoms with E-state index in [0.29, 0.717) is 17.7 Å². The number of para-hydroxylation sites is 1. The SMILES string of the molecule is CC1=Nc2c(F)cccc2C(C=O)O1. The van der Waals surface area contributed by atoms with Crippen molar-refractivity contribution in [1.82, 2.24) is 0 Å². The summed E-state index contributed by atoms with van der Waals surface area (Å²) < 4.78 is 18.4. The van der Waals surface area contributed by atoms with Crippen LogP contribution in [0.2, 0.25) is 0 Å². The van der Waals surface area contributed by atoms with Crippen LogP contribution in [0.3, 0.4) is 0 Å². The molecule has 1 aromatic carbocycles. The molecule has 0 aromatic heterocycles. The van der Waals surface area contributed by atoms with Gasteiger partial charge in [-0.05, 0) is 6.07 Å². The first-order valence-corrected chi connectivity index (χ1v) is 4.18. The van der Waals surface area contributed by atoms with Crippen LogP contribution in [0.1, 0.15) is 18.6 Å². The maximum Gasteiger partial charge on any atom is 0.186 e. The molecule has 0 saturated heterocycles. The number of rotatable bonds is 1. The number of hydrogen-bond acceptors (Lipinski definition) is 3. The zero-order valence-electron chi connectivity index (χ0n) is 7.53. The van der Waals surface area contributed by atoms with Crippen molar-refractivity contribution >= 4 is 17.9 Å². The Balaban J connectivity index is 2.62. The minimum atomic E-state index is -0.738. The van der Waals surface area contributed by atoms with Crippen molar-refractivity contribution in [2.45, 2.75) is 13.0 Å². The average molecular weight is 193 g/mol. The highest BCUT2D eigenvalue weighted by molar-refractivity contribution is 5.83. The first-order valence-electron chi connectivity index (χ1n) is 4.18. The fraction of sp³-hybridized carbons (Fsp3) is 0.200. The molecule has 0 aliphatic carbocycles. The number of fused-ring (bicyclic) bond motifs is 1. The molecule has 0 N–H and O–H groups in total. The minimum Gasteiger partial charge on any atom is -0.465 e. The number of aliphatic imine (C=N–C) groups is 1. The van der Waals surface area contributed by atoms with Gasteiger partial charge in [-0.15, -0.1) is 0 Å². The fourth-order valence-electron chi connectivity index (χ4n) is 1.41. The molecule has 72 valence electrons. The smallest absolute Gasteiger partial charge is 0.186 e. The van der Waals surface area contributed by atoms with Crippen molar-refractivity contribution < 1.29 is 13.9 Å². The quantitative estimate of drug-likeness (QED) is 0.641. The molecule has 0 saturated carbocycles. The lowest BCUT2D eigenvalue weighted by Crippen LogP contribution is -2.14. The van der Waals surface area contributed by atoms with E-state index in [2.05, 4.69) is 4.99 Å². The van der Waals surface area contributed by atoms with Crippen LogP contribution in [0.4, 0.5) is 10.1 Å². The molecule has 0 spiro atoms. The van der Waals surface area contributed by atoms with Gasteiger partial charge >= 0.3 is 0 Å². The number of nitrogens with zero attached hydrogens (tertiary/aromatic N) is 1. The van der Waals surface area contributed by atoms with Crippen LogP contribution in [0.5, 0.6) is 0 Å². The van der Waals surface area contributed by atoms with E-state index in [-0.39, 0.29) is 5.69 Å². The van der Waals surface area contributed by atoms with Gasteiger partial charge in [-0.3, -0.25) is 4.79 Å². The van der Waals surface area contributed by atoms with Crippen LogP contribution in [-0.2, 0) is 9.53 Å². The predicted molar refractivity (Wildman–Crippen MR) is 49.1 cm³/mol. The molecule has 1 aliphatic rings. The average Bonchev–Trinajstić information content (AvgIpc) is 2.18. The molecular weight excluding hydrogens is 185 g/mol. The fourth-order valence-corrected chi connectivity index (χ4v) is 1.41. The first-order chi connectivity index (χ1) is 6.72. The topological polar surface area (TPSA) is 38.7 Å². The van der Waals surface area contributed by atoms with Crippen molar-refractivity contribution in [2.75, 3.05) is 0 Å². The standard InChI is InChI=1S/C10H8FNO2/c1-6-12-10-7(9(5-13)14-6)3-2-4-8(10)11/h2-5,9H,1H3. The van der Waals surface area contributed by atoms with Gasteiger partial charge in [-0.25, -0.2) is 9.38 Å². The van der Waals surface area contributed by atoms with Crippen molar-refractivity contribution in [3.8, 4) is 0 Å². The normalized spacial score (nSPS) is 19.3. The van der Waals surface area contributed by atoms with Gasteiger partial charge in [0.25, 0.3) is 0 Å². The Morgan fingerprint density at radius 2 is 2.36 bits per heavy atom. The maximum absolute atomic E-state index is 13.3. The van der Waals surface area contributed by atoms with Gasteiger partial charge in [-0.2, -0.15) is 0 Å². The van der Waals surface area contributed by atoms with Crippen molar-refractivity contribution in [3.05, 3.63) is 29.6 Å². The highest BCUT2D eigenvalue weighted by atomic mass is 19.1. The van der Waals surface area contributed by atoms with Crippen molar-refractivity contribution in [1.29, 1.82) is 0 Å². The number of ether oxygens (including phenoxy) is 1. The van der Waals surface area contributed by atoms with Crippen molar-refractivity contribution in [2.24, 2.45) is 4.99 Å². The molecule has 0 radical (unpaired) electrons. The third kappa shape index (κ3) is 1.28. The molecular formula is C10H8FNO2. The highest BCUT2D eigenvalue weighted by Crippen LogP contribution is 2.33. The van der Waals surface area contributed by atoms with Crippen LogP contribution in [-0.4, -0.2) is 12.2 Å². The zero-order chi connectivity index (χ0) is 10.1. The molecule has 1 aromatic rings. The minimum absolute atomic E-state index is 0.202. The van der Waals surface area contributed by atoms with E-state index in [9.17, 15) is 9.18 Å². The Kier molecular flexibility index (Phi) is 2.04. The number of aldehydes is 1. The number of benzene rings is 1. The summed E-state index contributed by atoms with van der Waals surface area (Å²) in [6.45, 7) is 1.59. The maximum atomic E-state index is 13.3. The lowest BCUT2D eigenvalue weighted by Gasteiger charge is -2.20. The molecule has 1 unspecified atom stereocenters. The van der Waals surface area contributed by atoms with Crippen LogP contribution < -0.4 is 0 Å².